The molecule has 30 heavy (non-hydrogen) atoms. The van der Waals surface area contributed by atoms with E-state index in [0.29, 0.717) is 41.5 Å². The Labute approximate surface area is 179 Å². The van der Waals surface area contributed by atoms with Crippen LogP contribution in [0.25, 0.3) is 11.0 Å². The molecule has 2 aromatic rings. The molecular formula is C23H32N2O4S. The standard InChI is InChI=1S/C23H32N2O4S/c1-15-8-7-9-20(16(15)2)24-23(26)22-17(3)19-14-18(10-11-21(19)29-22)30(27,28)25-12-5-4-6-13-25/h10-11,14-16,20H,4-9,12-13H2,1-3H3,(H,24,26)/t15-,16+,20+/m0/s1. The van der Waals surface area contributed by atoms with Gasteiger partial charge in [0.25, 0.3) is 5.91 Å². The van der Waals surface area contributed by atoms with Crippen LogP contribution < -0.4 is 5.32 Å². The van der Waals surface area contributed by atoms with Gasteiger partial charge in [-0.1, -0.05) is 33.1 Å². The Hall–Kier alpha value is -1.86. The van der Waals surface area contributed by atoms with Crippen molar-refractivity contribution in [1.82, 2.24) is 9.62 Å². The summed E-state index contributed by atoms with van der Waals surface area (Å²) in [7, 11) is -3.53. The lowest BCUT2D eigenvalue weighted by Crippen LogP contribution is -2.43. The van der Waals surface area contributed by atoms with Gasteiger partial charge in [0.2, 0.25) is 10.0 Å². The van der Waals surface area contributed by atoms with Gasteiger partial charge in [-0.25, -0.2) is 8.42 Å². The fourth-order valence-corrected chi connectivity index (χ4v) is 6.39. The molecule has 1 aliphatic heterocycles. The highest BCUT2D eigenvalue weighted by molar-refractivity contribution is 7.89. The van der Waals surface area contributed by atoms with Gasteiger partial charge in [-0.15, -0.1) is 0 Å². The Morgan fingerprint density at radius 3 is 2.57 bits per heavy atom. The molecule has 1 saturated carbocycles. The number of fused-ring (bicyclic) bond motifs is 1. The normalized spacial score (nSPS) is 26.0. The number of rotatable bonds is 4. The molecule has 1 saturated heterocycles. The Balaban J connectivity index is 1.60. The van der Waals surface area contributed by atoms with Crippen LogP contribution in [-0.2, 0) is 10.0 Å². The van der Waals surface area contributed by atoms with E-state index in [1.165, 1.54) is 6.42 Å². The minimum absolute atomic E-state index is 0.143. The van der Waals surface area contributed by atoms with Crippen LogP contribution in [0.1, 0.15) is 68.5 Å². The summed E-state index contributed by atoms with van der Waals surface area (Å²) >= 11 is 0. The fourth-order valence-electron chi connectivity index (χ4n) is 4.85. The molecular weight excluding hydrogens is 400 g/mol. The number of nitrogens with one attached hydrogen (secondary N) is 1. The highest BCUT2D eigenvalue weighted by Gasteiger charge is 2.31. The van der Waals surface area contributed by atoms with E-state index in [1.54, 1.807) is 22.5 Å². The van der Waals surface area contributed by atoms with Gasteiger partial charge in [-0.05, 0) is 56.2 Å². The monoisotopic (exact) mass is 432 g/mol. The molecule has 0 radical (unpaired) electrons. The number of carbonyl (C=O) groups excluding carboxylic acids is 1. The molecule has 1 N–H and O–H groups in total. The summed E-state index contributed by atoms with van der Waals surface area (Å²) in [6.45, 7) is 7.38. The number of hydrogen-bond donors (Lipinski definition) is 1. The first-order valence-electron chi connectivity index (χ1n) is 11.1. The van der Waals surface area contributed by atoms with E-state index in [9.17, 15) is 13.2 Å². The van der Waals surface area contributed by atoms with Crippen LogP contribution in [0.2, 0.25) is 0 Å². The van der Waals surface area contributed by atoms with Crippen LogP contribution in [0.5, 0.6) is 0 Å². The molecule has 164 valence electrons. The largest absolute Gasteiger partial charge is 0.451 e. The summed E-state index contributed by atoms with van der Waals surface area (Å²) in [6.07, 6.45) is 6.17. The fraction of sp³-hybridized carbons (Fsp3) is 0.609. The zero-order valence-corrected chi connectivity index (χ0v) is 18.9. The Kier molecular flexibility index (Phi) is 5.95. The summed E-state index contributed by atoms with van der Waals surface area (Å²) in [4.78, 5) is 13.2. The van der Waals surface area contributed by atoms with Crippen molar-refractivity contribution in [3.05, 3.63) is 29.5 Å². The second kappa shape index (κ2) is 8.35. The molecule has 7 heteroatoms. The topological polar surface area (TPSA) is 79.6 Å². The number of amides is 1. The average Bonchev–Trinajstić information content (AvgIpc) is 3.08. The third-order valence-corrected chi connectivity index (χ3v) is 8.98. The minimum Gasteiger partial charge on any atom is -0.451 e. The number of furan rings is 1. The molecule has 2 heterocycles. The first kappa shape index (κ1) is 21.4. The lowest BCUT2D eigenvalue weighted by atomic mass is 9.78. The van der Waals surface area contributed by atoms with Crippen LogP contribution in [-0.4, -0.2) is 37.8 Å². The maximum Gasteiger partial charge on any atom is 0.287 e. The minimum atomic E-state index is -3.53. The van der Waals surface area contributed by atoms with E-state index in [-0.39, 0.29) is 22.6 Å². The number of nitrogens with zero attached hydrogens (tertiary/aromatic N) is 1. The van der Waals surface area contributed by atoms with Gasteiger partial charge >= 0.3 is 0 Å². The molecule has 3 atom stereocenters. The summed E-state index contributed by atoms with van der Waals surface area (Å²) in [5.41, 5.74) is 1.23. The van der Waals surface area contributed by atoms with Crippen LogP contribution in [0, 0.1) is 18.8 Å². The number of carbonyl (C=O) groups is 1. The van der Waals surface area contributed by atoms with Gasteiger partial charge in [-0.2, -0.15) is 4.31 Å². The third kappa shape index (κ3) is 3.89. The van der Waals surface area contributed by atoms with Crippen molar-refractivity contribution in [2.75, 3.05) is 13.1 Å². The zero-order valence-electron chi connectivity index (χ0n) is 18.1. The van der Waals surface area contributed by atoms with Gasteiger partial charge in [0.05, 0.1) is 4.90 Å². The molecule has 1 amide bonds. The van der Waals surface area contributed by atoms with Crippen molar-refractivity contribution in [1.29, 1.82) is 0 Å². The van der Waals surface area contributed by atoms with E-state index < -0.39 is 10.0 Å². The lowest BCUT2D eigenvalue weighted by molar-refractivity contribution is 0.0864. The molecule has 0 spiro atoms. The molecule has 6 nitrogen and oxygen atoms in total. The maximum atomic E-state index is 13.0. The van der Waals surface area contributed by atoms with Crippen LogP contribution in [0.4, 0.5) is 0 Å². The van der Waals surface area contributed by atoms with E-state index in [4.69, 9.17) is 4.42 Å². The number of aryl methyl sites for hydroxylation is 1. The van der Waals surface area contributed by atoms with Crippen LogP contribution >= 0.6 is 0 Å². The summed E-state index contributed by atoms with van der Waals surface area (Å²) in [5, 5.41) is 3.84. The van der Waals surface area contributed by atoms with Crippen molar-refractivity contribution < 1.29 is 17.6 Å². The van der Waals surface area contributed by atoms with Gasteiger partial charge in [0.1, 0.15) is 5.58 Å². The number of hydrogen-bond acceptors (Lipinski definition) is 4. The highest BCUT2D eigenvalue weighted by Crippen LogP contribution is 2.32. The Morgan fingerprint density at radius 2 is 1.83 bits per heavy atom. The summed E-state index contributed by atoms with van der Waals surface area (Å²) in [6, 6.07) is 5.05. The predicted molar refractivity (Wildman–Crippen MR) is 117 cm³/mol. The maximum absolute atomic E-state index is 13.0. The highest BCUT2D eigenvalue weighted by atomic mass is 32.2. The second-order valence-electron chi connectivity index (χ2n) is 9.03. The van der Waals surface area contributed by atoms with E-state index in [1.807, 2.05) is 6.92 Å². The number of sulfonamides is 1. The molecule has 4 rings (SSSR count). The average molecular weight is 433 g/mol. The lowest BCUT2D eigenvalue weighted by Gasteiger charge is -2.34. The summed E-state index contributed by atoms with van der Waals surface area (Å²) < 4.78 is 33.5. The van der Waals surface area contributed by atoms with Gasteiger partial charge < -0.3 is 9.73 Å². The van der Waals surface area contributed by atoms with Gasteiger partial charge in [-0.3, -0.25) is 4.79 Å². The molecule has 2 aliphatic rings. The molecule has 1 aromatic heterocycles. The van der Waals surface area contributed by atoms with E-state index >= 15 is 0 Å². The first-order chi connectivity index (χ1) is 14.3. The van der Waals surface area contributed by atoms with Crippen LogP contribution in [0.3, 0.4) is 0 Å². The van der Waals surface area contributed by atoms with Crippen molar-refractivity contribution in [3.8, 4) is 0 Å². The van der Waals surface area contributed by atoms with Crippen molar-refractivity contribution in [2.45, 2.75) is 70.2 Å². The number of piperidine rings is 1. The molecule has 0 bridgehead atoms. The van der Waals surface area contributed by atoms with Gasteiger partial charge in [0, 0.05) is 30.1 Å². The second-order valence-corrected chi connectivity index (χ2v) is 11.0. The SMILES string of the molecule is Cc1c(C(=O)N[C@@H]2CCC[C@H](C)[C@H]2C)oc2ccc(S(=O)(=O)N3CCCCC3)cc12. The Morgan fingerprint density at radius 1 is 1.10 bits per heavy atom. The zero-order chi connectivity index (χ0) is 21.5. The summed E-state index contributed by atoms with van der Waals surface area (Å²) in [5.74, 6) is 1.08. The van der Waals surface area contributed by atoms with Crippen molar-refractivity contribution in [2.24, 2.45) is 11.8 Å². The van der Waals surface area contributed by atoms with Gasteiger partial charge in [0.15, 0.2) is 5.76 Å². The third-order valence-electron chi connectivity index (χ3n) is 7.09. The molecule has 0 unspecified atom stereocenters. The quantitative estimate of drug-likeness (QED) is 0.773. The first-order valence-corrected chi connectivity index (χ1v) is 12.6. The van der Waals surface area contributed by atoms with Crippen LogP contribution in [0.15, 0.2) is 27.5 Å². The predicted octanol–water partition coefficient (Wildman–Crippen LogP) is 4.47. The van der Waals surface area contributed by atoms with E-state index in [0.717, 1.165) is 32.1 Å². The smallest absolute Gasteiger partial charge is 0.287 e. The Bertz CT molecular complexity index is 1040. The molecule has 1 aromatic carbocycles. The van der Waals surface area contributed by atoms with E-state index in [2.05, 4.69) is 19.2 Å². The molecule has 2 fully saturated rings. The molecule has 1 aliphatic carbocycles. The van der Waals surface area contributed by atoms with Crippen molar-refractivity contribution in [3.63, 3.8) is 0 Å². The number of benzene rings is 1. The van der Waals surface area contributed by atoms with Crippen molar-refractivity contribution >= 4 is 26.9 Å².